The van der Waals surface area contributed by atoms with Crippen LogP contribution >= 0.6 is 0 Å². The van der Waals surface area contributed by atoms with E-state index in [1.165, 1.54) is 12.4 Å². The molecule has 7 rings (SSSR count). The van der Waals surface area contributed by atoms with Crippen molar-refractivity contribution in [3.05, 3.63) is 67.1 Å². The molecule has 2 aliphatic rings. The Balaban J connectivity index is 1.11. The third kappa shape index (κ3) is 4.46. The fraction of sp³-hybridized carbons (Fsp3) is 0.276. The highest BCUT2D eigenvalue weighted by Gasteiger charge is 2.43. The summed E-state index contributed by atoms with van der Waals surface area (Å²) >= 11 is 0. The number of carbonyl (C=O) groups is 1. The number of hydrogen-bond acceptors (Lipinski definition) is 10. The van der Waals surface area contributed by atoms with E-state index in [1.807, 2.05) is 55.3 Å². The number of aromatic nitrogens is 7. The summed E-state index contributed by atoms with van der Waals surface area (Å²) in [4.78, 5) is 34.7. The molecule has 12 heteroatoms. The molecule has 2 saturated heterocycles. The predicted molar refractivity (Wildman–Crippen MR) is 154 cm³/mol. The highest BCUT2D eigenvalue weighted by molar-refractivity contribution is 5.88. The van der Waals surface area contributed by atoms with Crippen LogP contribution in [0.15, 0.2) is 61.6 Å². The number of likely N-dealkylation sites (tertiary alicyclic amines) is 1. The molecular formula is C29H28N10O2. The second kappa shape index (κ2) is 9.81. The standard InChI is InChI=1S/C29H28N10O2/c1-4-26(40)39-10-9-18-14-38(15-24(18)39)29-30-13-22-27(34-29)28(32-16-31-22)33-19-5-8-25(17(2)11-19)41-20-6-7-23-21(12-20)35-36-37(23)3/h4-8,11-13,16,18,24H,1,9-10,14-15H2,2-3H3,(H,31,32,33)/t18?,24-/m1/s1. The van der Waals surface area contributed by atoms with E-state index in [-0.39, 0.29) is 11.9 Å². The van der Waals surface area contributed by atoms with Crippen molar-refractivity contribution in [2.45, 2.75) is 19.4 Å². The van der Waals surface area contributed by atoms with Gasteiger partial charge in [-0.05, 0) is 55.3 Å². The van der Waals surface area contributed by atoms with Gasteiger partial charge in [0, 0.05) is 44.4 Å². The summed E-state index contributed by atoms with van der Waals surface area (Å²) in [6.07, 6.45) is 5.59. The average molecular weight is 549 g/mol. The number of carbonyl (C=O) groups excluding carboxylic acids is 1. The van der Waals surface area contributed by atoms with Crippen LogP contribution in [0.2, 0.25) is 0 Å². The number of rotatable bonds is 6. The van der Waals surface area contributed by atoms with Gasteiger partial charge in [0.25, 0.3) is 0 Å². The van der Waals surface area contributed by atoms with E-state index in [4.69, 9.17) is 9.72 Å². The van der Waals surface area contributed by atoms with Crippen LogP contribution in [0.25, 0.3) is 22.1 Å². The molecule has 0 spiro atoms. The number of benzene rings is 2. The molecule has 2 atom stereocenters. The van der Waals surface area contributed by atoms with Crippen molar-refractivity contribution < 1.29 is 9.53 Å². The zero-order valence-corrected chi connectivity index (χ0v) is 22.7. The molecule has 0 aliphatic carbocycles. The van der Waals surface area contributed by atoms with Crippen LogP contribution in [0.5, 0.6) is 11.5 Å². The van der Waals surface area contributed by atoms with Gasteiger partial charge < -0.3 is 19.9 Å². The lowest BCUT2D eigenvalue weighted by Gasteiger charge is -2.23. The lowest BCUT2D eigenvalue weighted by atomic mass is 10.1. The monoisotopic (exact) mass is 548 g/mol. The number of nitrogens with one attached hydrogen (secondary N) is 1. The lowest BCUT2D eigenvalue weighted by Crippen LogP contribution is -2.39. The number of anilines is 3. The fourth-order valence-corrected chi connectivity index (χ4v) is 5.79. The van der Waals surface area contributed by atoms with E-state index < -0.39 is 0 Å². The van der Waals surface area contributed by atoms with Crippen molar-refractivity contribution >= 4 is 45.4 Å². The Kier molecular flexibility index (Phi) is 5.95. The molecule has 0 bridgehead atoms. The highest BCUT2D eigenvalue weighted by atomic mass is 16.5. The van der Waals surface area contributed by atoms with E-state index in [0.717, 1.165) is 47.5 Å². The third-order valence-electron chi connectivity index (χ3n) is 7.90. The van der Waals surface area contributed by atoms with Gasteiger partial charge in [-0.1, -0.05) is 11.8 Å². The van der Waals surface area contributed by atoms with Crippen LogP contribution in [-0.4, -0.2) is 71.4 Å². The number of hydrogen-bond donors (Lipinski definition) is 1. The maximum absolute atomic E-state index is 12.3. The molecule has 2 aliphatic heterocycles. The molecule has 1 unspecified atom stereocenters. The zero-order chi connectivity index (χ0) is 28.1. The normalized spacial score (nSPS) is 18.2. The molecule has 1 amide bonds. The van der Waals surface area contributed by atoms with Crippen LogP contribution < -0.4 is 15.0 Å². The van der Waals surface area contributed by atoms with E-state index in [9.17, 15) is 4.79 Å². The predicted octanol–water partition coefficient (Wildman–Crippen LogP) is 3.77. The SMILES string of the molecule is C=CC(=O)N1CCC2CN(c3ncc4ncnc(Nc5ccc(Oc6ccc7c(c6)nnn7C)c(C)c5)c4n3)C[C@H]21. The van der Waals surface area contributed by atoms with Crippen molar-refractivity contribution in [2.75, 3.05) is 29.9 Å². The van der Waals surface area contributed by atoms with Gasteiger partial charge in [-0.25, -0.2) is 24.6 Å². The first-order valence-electron chi connectivity index (χ1n) is 13.5. The first kappa shape index (κ1) is 24.9. The molecule has 12 nitrogen and oxygen atoms in total. The molecule has 1 N–H and O–H groups in total. The first-order valence-corrected chi connectivity index (χ1v) is 13.5. The molecule has 206 valence electrons. The number of ether oxygens (including phenoxy) is 1. The molecule has 0 radical (unpaired) electrons. The summed E-state index contributed by atoms with van der Waals surface area (Å²) in [5, 5.41) is 11.6. The van der Waals surface area contributed by atoms with Crippen molar-refractivity contribution in [2.24, 2.45) is 13.0 Å². The highest BCUT2D eigenvalue weighted by Crippen LogP contribution is 2.34. The second-order valence-electron chi connectivity index (χ2n) is 10.5. The number of nitrogens with zero attached hydrogens (tertiary/aromatic N) is 9. The van der Waals surface area contributed by atoms with Gasteiger partial charge in [0.1, 0.15) is 34.4 Å². The van der Waals surface area contributed by atoms with Crippen molar-refractivity contribution in [3.8, 4) is 11.5 Å². The van der Waals surface area contributed by atoms with Crippen LogP contribution in [-0.2, 0) is 11.8 Å². The Morgan fingerprint density at radius 1 is 1.12 bits per heavy atom. The summed E-state index contributed by atoms with van der Waals surface area (Å²) in [5.41, 5.74) is 4.78. The van der Waals surface area contributed by atoms with E-state index in [1.54, 1.807) is 10.9 Å². The second-order valence-corrected chi connectivity index (χ2v) is 10.5. The summed E-state index contributed by atoms with van der Waals surface area (Å²) < 4.78 is 7.88. The van der Waals surface area contributed by atoms with Crippen molar-refractivity contribution in [1.29, 1.82) is 0 Å². The summed E-state index contributed by atoms with van der Waals surface area (Å²) in [6.45, 7) is 7.91. The van der Waals surface area contributed by atoms with Crippen LogP contribution in [0, 0.1) is 12.8 Å². The molecule has 2 aromatic carbocycles. The van der Waals surface area contributed by atoms with Crippen LogP contribution in [0.4, 0.5) is 17.5 Å². The Labute approximate surface area is 235 Å². The summed E-state index contributed by atoms with van der Waals surface area (Å²) in [5.74, 6) is 3.00. The Morgan fingerprint density at radius 3 is 2.88 bits per heavy atom. The zero-order valence-electron chi connectivity index (χ0n) is 22.7. The smallest absolute Gasteiger partial charge is 0.246 e. The van der Waals surface area contributed by atoms with E-state index in [2.05, 4.69) is 42.1 Å². The van der Waals surface area contributed by atoms with Crippen molar-refractivity contribution in [3.63, 3.8) is 0 Å². The third-order valence-corrected chi connectivity index (χ3v) is 7.90. The maximum Gasteiger partial charge on any atom is 0.246 e. The van der Waals surface area contributed by atoms with Crippen LogP contribution in [0.1, 0.15) is 12.0 Å². The minimum Gasteiger partial charge on any atom is -0.457 e. The Hall–Kier alpha value is -5.13. The van der Waals surface area contributed by atoms with Gasteiger partial charge in [-0.3, -0.25) is 4.79 Å². The van der Waals surface area contributed by atoms with Crippen LogP contribution in [0.3, 0.4) is 0 Å². The summed E-state index contributed by atoms with van der Waals surface area (Å²) in [7, 11) is 1.86. The Bertz CT molecular complexity index is 1820. The molecule has 2 fully saturated rings. The fourth-order valence-electron chi connectivity index (χ4n) is 5.79. The average Bonchev–Trinajstić information content (AvgIpc) is 3.69. The minimum absolute atomic E-state index is 0.0167. The topological polar surface area (TPSA) is 127 Å². The van der Waals surface area contributed by atoms with Gasteiger partial charge >= 0.3 is 0 Å². The molecule has 3 aromatic heterocycles. The number of amides is 1. The van der Waals surface area contributed by atoms with Gasteiger partial charge in [0.05, 0.1) is 17.8 Å². The minimum atomic E-state index is -0.0167. The molecule has 5 aromatic rings. The lowest BCUT2D eigenvalue weighted by molar-refractivity contribution is -0.126. The molecule has 0 saturated carbocycles. The largest absolute Gasteiger partial charge is 0.457 e. The maximum atomic E-state index is 12.3. The Morgan fingerprint density at radius 2 is 2.02 bits per heavy atom. The van der Waals surface area contributed by atoms with Crippen molar-refractivity contribution in [1.82, 2.24) is 39.8 Å². The molecule has 5 heterocycles. The van der Waals surface area contributed by atoms with Gasteiger partial charge in [-0.15, -0.1) is 5.10 Å². The quantitative estimate of drug-likeness (QED) is 0.313. The summed E-state index contributed by atoms with van der Waals surface area (Å²) in [6, 6.07) is 11.7. The van der Waals surface area contributed by atoms with E-state index >= 15 is 0 Å². The number of aryl methyl sites for hydroxylation is 2. The van der Waals surface area contributed by atoms with Gasteiger partial charge in [0.15, 0.2) is 5.82 Å². The van der Waals surface area contributed by atoms with Gasteiger partial charge in [0.2, 0.25) is 11.9 Å². The van der Waals surface area contributed by atoms with E-state index in [0.29, 0.717) is 41.0 Å². The number of fused-ring (bicyclic) bond motifs is 3. The van der Waals surface area contributed by atoms with Gasteiger partial charge in [-0.2, -0.15) is 0 Å². The molecule has 41 heavy (non-hydrogen) atoms. The first-order chi connectivity index (χ1) is 20.0. The molecular weight excluding hydrogens is 520 g/mol.